The monoisotopic (exact) mass is 365 g/mol. The molecule has 2 aromatic rings. The van der Waals surface area contributed by atoms with E-state index in [2.05, 4.69) is 5.16 Å². The van der Waals surface area contributed by atoms with Crippen LogP contribution in [0.2, 0.25) is 0 Å². The van der Waals surface area contributed by atoms with Gasteiger partial charge in [-0.05, 0) is 45.4 Å². The highest BCUT2D eigenvalue weighted by Gasteiger charge is 2.30. The Balaban J connectivity index is 2.24. The molecule has 7 nitrogen and oxygen atoms in total. The number of aryl methyl sites for hydroxylation is 3. The molecule has 0 aliphatic heterocycles. The molecular weight excluding hydrogens is 342 g/mol. The minimum Gasteiger partial charge on any atom is -0.360 e. The molecule has 0 aliphatic carbocycles. The molecule has 0 bridgehead atoms. The lowest BCUT2D eigenvalue weighted by Gasteiger charge is -2.24. The maximum Gasteiger partial charge on any atom is 0.248 e. The summed E-state index contributed by atoms with van der Waals surface area (Å²) in [6.07, 6.45) is 0. The van der Waals surface area contributed by atoms with Gasteiger partial charge in [0.15, 0.2) is 5.76 Å². The Bertz CT molecular complexity index is 854. The maximum absolute atomic E-state index is 12.7. The Hall–Kier alpha value is -2.19. The molecule has 1 heterocycles. The average Bonchev–Trinajstić information content (AvgIpc) is 2.87. The van der Waals surface area contributed by atoms with Crippen molar-refractivity contribution < 1.29 is 17.7 Å². The molecule has 0 unspecified atom stereocenters. The molecule has 0 saturated carbocycles. The van der Waals surface area contributed by atoms with Crippen LogP contribution in [0.15, 0.2) is 33.7 Å². The first-order valence-electron chi connectivity index (χ1n) is 7.94. The van der Waals surface area contributed by atoms with Gasteiger partial charge in [0.1, 0.15) is 10.6 Å². The van der Waals surface area contributed by atoms with Crippen LogP contribution in [0.1, 0.15) is 23.9 Å². The van der Waals surface area contributed by atoms with Crippen molar-refractivity contribution >= 4 is 21.6 Å². The third-order valence-corrected chi connectivity index (χ3v) is 5.97. The van der Waals surface area contributed by atoms with Gasteiger partial charge in [-0.2, -0.15) is 4.31 Å². The molecule has 0 saturated heterocycles. The highest BCUT2D eigenvalue weighted by Crippen LogP contribution is 2.23. The first-order valence-corrected chi connectivity index (χ1v) is 9.38. The van der Waals surface area contributed by atoms with E-state index in [0.717, 1.165) is 15.6 Å². The molecule has 8 heteroatoms. The van der Waals surface area contributed by atoms with Gasteiger partial charge in [0.25, 0.3) is 0 Å². The summed E-state index contributed by atoms with van der Waals surface area (Å²) in [6, 6.07) is 7.53. The van der Waals surface area contributed by atoms with Gasteiger partial charge in [-0.1, -0.05) is 17.3 Å². The zero-order valence-electron chi connectivity index (χ0n) is 15.1. The first-order chi connectivity index (χ1) is 11.7. The molecule has 1 aromatic heterocycles. The summed E-state index contributed by atoms with van der Waals surface area (Å²) in [4.78, 5) is 14.2. The second kappa shape index (κ2) is 7.37. The van der Waals surface area contributed by atoms with E-state index in [0.29, 0.717) is 6.54 Å². The van der Waals surface area contributed by atoms with Crippen LogP contribution in [0.3, 0.4) is 0 Å². The standard InChI is InChI=1S/C17H23N3O4S/c1-6-20(15-9-7-8-12(2)10-15)16(21)11-19(5)25(22,23)17-13(3)18-24-14(17)4/h7-10H,6,11H2,1-5H3. The number of sulfonamides is 1. The largest absolute Gasteiger partial charge is 0.360 e. The fourth-order valence-corrected chi connectivity index (χ4v) is 4.06. The predicted molar refractivity (Wildman–Crippen MR) is 95.0 cm³/mol. The molecule has 0 radical (unpaired) electrons. The molecule has 136 valence electrons. The lowest BCUT2D eigenvalue weighted by atomic mass is 10.2. The third kappa shape index (κ3) is 3.91. The number of amides is 1. The molecule has 0 atom stereocenters. The summed E-state index contributed by atoms with van der Waals surface area (Å²) in [5, 5.41) is 3.68. The molecule has 0 fully saturated rings. The van der Waals surface area contributed by atoms with Gasteiger partial charge in [-0.15, -0.1) is 0 Å². The van der Waals surface area contributed by atoms with Crippen molar-refractivity contribution in [1.82, 2.24) is 9.46 Å². The molecule has 0 aliphatic rings. The van der Waals surface area contributed by atoms with Crippen LogP contribution in [-0.2, 0) is 14.8 Å². The fraction of sp³-hybridized carbons (Fsp3) is 0.412. The highest BCUT2D eigenvalue weighted by molar-refractivity contribution is 7.89. The van der Waals surface area contributed by atoms with Crippen molar-refractivity contribution in [2.75, 3.05) is 25.0 Å². The summed E-state index contributed by atoms with van der Waals surface area (Å²) in [6.45, 7) is 7.06. The van der Waals surface area contributed by atoms with Crippen molar-refractivity contribution in [2.24, 2.45) is 0 Å². The Kier molecular flexibility index (Phi) is 5.64. The van der Waals surface area contributed by atoms with Crippen molar-refractivity contribution in [1.29, 1.82) is 0 Å². The van der Waals surface area contributed by atoms with E-state index in [4.69, 9.17) is 4.52 Å². The number of hydrogen-bond donors (Lipinski definition) is 0. The number of nitrogens with zero attached hydrogens (tertiary/aromatic N) is 3. The molecule has 0 N–H and O–H groups in total. The lowest BCUT2D eigenvalue weighted by molar-refractivity contribution is -0.118. The normalized spacial score (nSPS) is 11.8. The van der Waals surface area contributed by atoms with Crippen molar-refractivity contribution in [3.63, 3.8) is 0 Å². The highest BCUT2D eigenvalue weighted by atomic mass is 32.2. The predicted octanol–water partition coefficient (Wildman–Crippen LogP) is 2.27. The van der Waals surface area contributed by atoms with Crippen LogP contribution >= 0.6 is 0 Å². The Morgan fingerprint density at radius 2 is 1.92 bits per heavy atom. The summed E-state index contributed by atoms with van der Waals surface area (Å²) in [5.74, 6) is -0.0891. The van der Waals surface area contributed by atoms with E-state index >= 15 is 0 Å². The smallest absolute Gasteiger partial charge is 0.248 e. The van der Waals surface area contributed by atoms with E-state index in [1.165, 1.54) is 14.0 Å². The quantitative estimate of drug-likeness (QED) is 0.784. The first kappa shape index (κ1) is 19.1. The summed E-state index contributed by atoms with van der Waals surface area (Å²) in [7, 11) is -2.48. The molecule has 25 heavy (non-hydrogen) atoms. The maximum atomic E-state index is 12.7. The van der Waals surface area contributed by atoms with E-state index < -0.39 is 10.0 Å². The Morgan fingerprint density at radius 1 is 1.24 bits per heavy atom. The lowest BCUT2D eigenvalue weighted by Crippen LogP contribution is -2.41. The van der Waals surface area contributed by atoms with Gasteiger partial charge in [-0.25, -0.2) is 8.42 Å². The number of likely N-dealkylation sites (N-methyl/N-ethyl adjacent to an activating group) is 2. The van der Waals surface area contributed by atoms with Gasteiger partial charge >= 0.3 is 0 Å². The van der Waals surface area contributed by atoms with Gasteiger partial charge < -0.3 is 9.42 Å². The zero-order valence-corrected chi connectivity index (χ0v) is 15.9. The second-order valence-electron chi connectivity index (χ2n) is 5.89. The molecule has 2 rings (SSSR count). The SMILES string of the molecule is CCN(C(=O)CN(C)S(=O)(=O)c1c(C)noc1C)c1cccc(C)c1. The number of carbonyl (C=O) groups is 1. The molecule has 1 aromatic carbocycles. The number of anilines is 1. The minimum atomic E-state index is -3.85. The van der Waals surface area contributed by atoms with Crippen LogP contribution in [0.4, 0.5) is 5.69 Å². The van der Waals surface area contributed by atoms with Crippen LogP contribution in [0.25, 0.3) is 0 Å². The molecule has 0 spiro atoms. The summed E-state index contributed by atoms with van der Waals surface area (Å²) >= 11 is 0. The fourth-order valence-electron chi connectivity index (χ4n) is 2.66. The third-order valence-electron chi connectivity index (χ3n) is 3.92. The minimum absolute atomic E-state index is 0.0152. The van der Waals surface area contributed by atoms with Crippen molar-refractivity contribution in [3.05, 3.63) is 41.3 Å². The van der Waals surface area contributed by atoms with E-state index in [1.54, 1.807) is 11.8 Å². The zero-order chi connectivity index (χ0) is 18.8. The Labute approximate surface area is 148 Å². The number of hydrogen-bond acceptors (Lipinski definition) is 5. The number of rotatable bonds is 6. The van der Waals surface area contributed by atoms with Gasteiger partial charge in [-0.3, -0.25) is 4.79 Å². The van der Waals surface area contributed by atoms with Gasteiger partial charge in [0.2, 0.25) is 15.9 Å². The van der Waals surface area contributed by atoms with Crippen molar-refractivity contribution in [2.45, 2.75) is 32.6 Å². The van der Waals surface area contributed by atoms with Gasteiger partial charge in [0.05, 0.1) is 6.54 Å². The topological polar surface area (TPSA) is 83.7 Å². The average molecular weight is 365 g/mol. The number of carbonyl (C=O) groups excluding carboxylic acids is 1. The van der Waals surface area contributed by atoms with Crippen LogP contribution in [-0.4, -0.2) is 43.9 Å². The summed E-state index contributed by atoms with van der Waals surface area (Å²) < 4.78 is 31.4. The molecular formula is C17H23N3O4S. The van der Waals surface area contributed by atoms with E-state index in [-0.39, 0.29) is 28.8 Å². The van der Waals surface area contributed by atoms with Crippen molar-refractivity contribution in [3.8, 4) is 0 Å². The van der Waals surface area contributed by atoms with Crippen LogP contribution < -0.4 is 4.90 Å². The second-order valence-corrected chi connectivity index (χ2v) is 7.87. The summed E-state index contributed by atoms with van der Waals surface area (Å²) in [5.41, 5.74) is 2.05. The van der Waals surface area contributed by atoms with Gasteiger partial charge in [0, 0.05) is 19.3 Å². The molecule has 1 amide bonds. The van der Waals surface area contributed by atoms with E-state index in [9.17, 15) is 13.2 Å². The Morgan fingerprint density at radius 3 is 2.44 bits per heavy atom. The van der Waals surface area contributed by atoms with Crippen LogP contribution in [0.5, 0.6) is 0 Å². The number of aromatic nitrogens is 1. The van der Waals surface area contributed by atoms with Crippen LogP contribution in [0, 0.1) is 20.8 Å². The number of benzene rings is 1. The van der Waals surface area contributed by atoms with E-state index in [1.807, 2.05) is 38.1 Å².